The van der Waals surface area contributed by atoms with Crippen LogP contribution in [0.4, 0.5) is 0 Å². The van der Waals surface area contributed by atoms with E-state index in [-0.39, 0.29) is 11.3 Å². The molecule has 0 aliphatic heterocycles. The zero-order valence-electron chi connectivity index (χ0n) is 12.8. The number of fused-ring (bicyclic) bond motifs is 1. The molecule has 0 amide bonds. The number of nitrogens with two attached hydrogens (primary N) is 1. The fraction of sp³-hybridized carbons (Fsp3) is 0.222. The lowest BCUT2D eigenvalue weighted by molar-refractivity contribution is 0.474. The van der Waals surface area contributed by atoms with E-state index in [1.54, 1.807) is 18.2 Å². The highest BCUT2D eigenvalue weighted by atomic mass is 16.3. The minimum absolute atomic E-state index is 0.0892. The summed E-state index contributed by atoms with van der Waals surface area (Å²) in [6.07, 6.45) is 1.26. The maximum Gasteiger partial charge on any atom is 0.274 e. The average Bonchev–Trinajstić information content (AvgIpc) is 2.56. The number of hydrogen-bond acceptors (Lipinski definition) is 4. The van der Waals surface area contributed by atoms with Gasteiger partial charge in [0.15, 0.2) is 0 Å². The van der Waals surface area contributed by atoms with Crippen molar-refractivity contribution in [1.82, 2.24) is 9.78 Å². The van der Waals surface area contributed by atoms with Crippen LogP contribution in [0.3, 0.4) is 0 Å². The summed E-state index contributed by atoms with van der Waals surface area (Å²) in [4.78, 5) is 12.5. The molecule has 0 fully saturated rings. The molecular formula is C18H19N3O2. The molecule has 23 heavy (non-hydrogen) atoms. The fourth-order valence-electron chi connectivity index (χ4n) is 2.69. The summed E-state index contributed by atoms with van der Waals surface area (Å²) < 4.78 is 1.49. The van der Waals surface area contributed by atoms with Gasteiger partial charge in [0, 0.05) is 18.4 Å². The zero-order valence-corrected chi connectivity index (χ0v) is 12.8. The molecule has 0 aliphatic carbocycles. The predicted octanol–water partition coefficient (Wildman–Crippen LogP) is 2.04. The highest BCUT2D eigenvalue weighted by molar-refractivity contribution is 5.83. The second-order valence-corrected chi connectivity index (χ2v) is 5.51. The number of nitrogens with zero attached hydrogens (tertiary/aromatic N) is 2. The van der Waals surface area contributed by atoms with Gasteiger partial charge in [-0.15, -0.1) is 0 Å². The Balaban J connectivity index is 2.11. The van der Waals surface area contributed by atoms with Gasteiger partial charge in [-0.05, 0) is 36.7 Å². The Morgan fingerprint density at radius 3 is 2.61 bits per heavy atom. The summed E-state index contributed by atoms with van der Waals surface area (Å²) in [7, 11) is 0. The van der Waals surface area contributed by atoms with Crippen molar-refractivity contribution in [2.75, 3.05) is 6.54 Å². The van der Waals surface area contributed by atoms with Crippen molar-refractivity contribution < 1.29 is 5.11 Å². The standard InChI is InChI=1S/C18H19N3O2/c19-9-4-10-21-18(23)16-8-2-1-7-15(16)17(20-21)12-13-5-3-6-14(22)11-13/h1-3,5-8,11,22H,4,9-10,12,19H2. The van der Waals surface area contributed by atoms with Gasteiger partial charge in [0.2, 0.25) is 0 Å². The van der Waals surface area contributed by atoms with Gasteiger partial charge >= 0.3 is 0 Å². The highest BCUT2D eigenvalue weighted by Crippen LogP contribution is 2.19. The van der Waals surface area contributed by atoms with Crippen molar-refractivity contribution in [3.63, 3.8) is 0 Å². The number of aryl methyl sites for hydroxylation is 1. The van der Waals surface area contributed by atoms with Crippen LogP contribution in [0.2, 0.25) is 0 Å². The van der Waals surface area contributed by atoms with Crippen molar-refractivity contribution in [2.45, 2.75) is 19.4 Å². The Morgan fingerprint density at radius 2 is 1.87 bits per heavy atom. The highest BCUT2D eigenvalue weighted by Gasteiger charge is 2.11. The molecule has 0 saturated carbocycles. The van der Waals surface area contributed by atoms with E-state index in [4.69, 9.17) is 5.73 Å². The average molecular weight is 309 g/mol. The maximum absolute atomic E-state index is 12.5. The van der Waals surface area contributed by atoms with E-state index >= 15 is 0 Å². The molecule has 0 saturated heterocycles. The maximum atomic E-state index is 12.5. The van der Waals surface area contributed by atoms with Gasteiger partial charge in [-0.2, -0.15) is 5.10 Å². The molecule has 118 valence electrons. The van der Waals surface area contributed by atoms with Crippen molar-refractivity contribution >= 4 is 10.8 Å². The van der Waals surface area contributed by atoms with Crippen LogP contribution in [0.1, 0.15) is 17.7 Å². The van der Waals surface area contributed by atoms with Gasteiger partial charge in [-0.3, -0.25) is 4.79 Å². The smallest absolute Gasteiger partial charge is 0.274 e. The van der Waals surface area contributed by atoms with E-state index in [1.165, 1.54) is 4.68 Å². The lowest BCUT2D eigenvalue weighted by Gasteiger charge is -2.11. The summed E-state index contributed by atoms with van der Waals surface area (Å²) in [5.74, 6) is 0.225. The fourth-order valence-corrected chi connectivity index (χ4v) is 2.69. The first-order valence-corrected chi connectivity index (χ1v) is 7.66. The summed E-state index contributed by atoms with van der Waals surface area (Å²) in [5, 5.41) is 15.7. The monoisotopic (exact) mass is 309 g/mol. The van der Waals surface area contributed by atoms with Crippen LogP contribution >= 0.6 is 0 Å². The van der Waals surface area contributed by atoms with Gasteiger partial charge in [0.1, 0.15) is 5.75 Å². The number of aromatic hydroxyl groups is 1. The Kier molecular flexibility index (Phi) is 4.39. The summed E-state index contributed by atoms with van der Waals surface area (Å²) in [6.45, 7) is 1.02. The van der Waals surface area contributed by atoms with E-state index in [9.17, 15) is 9.90 Å². The van der Waals surface area contributed by atoms with E-state index < -0.39 is 0 Å². The van der Waals surface area contributed by atoms with E-state index in [0.29, 0.717) is 31.3 Å². The molecular weight excluding hydrogens is 290 g/mol. The van der Waals surface area contributed by atoms with Crippen LogP contribution in [0, 0.1) is 0 Å². The first-order valence-electron chi connectivity index (χ1n) is 7.66. The SMILES string of the molecule is NCCCn1nc(Cc2cccc(O)c2)c2ccccc2c1=O. The molecule has 0 spiro atoms. The second kappa shape index (κ2) is 6.62. The Bertz CT molecular complexity index is 887. The molecule has 0 atom stereocenters. The van der Waals surface area contributed by atoms with Gasteiger partial charge in [0.05, 0.1) is 11.1 Å². The van der Waals surface area contributed by atoms with Crippen LogP contribution in [-0.2, 0) is 13.0 Å². The Hall–Kier alpha value is -2.66. The van der Waals surface area contributed by atoms with Crippen molar-refractivity contribution in [2.24, 2.45) is 5.73 Å². The van der Waals surface area contributed by atoms with Gasteiger partial charge in [-0.1, -0.05) is 30.3 Å². The van der Waals surface area contributed by atoms with Crippen LogP contribution in [0.5, 0.6) is 5.75 Å². The molecule has 1 heterocycles. The number of rotatable bonds is 5. The van der Waals surface area contributed by atoms with Crippen molar-refractivity contribution in [1.29, 1.82) is 0 Å². The third kappa shape index (κ3) is 3.24. The molecule has 3 N–H and O–H groups in total. The Labute approximate surface area is 134 Å². The van der Waals surface area contributed by atoms with Crippen LogP contribution < -0.4 is 11.3 Å². The van der Waals surface area contributed by atoms with Gasteiger partial charge < -0.3 is 10.8 Å². The van der Waals surface area contributed by atoms with E-state index in [2.05, 4.69) is 5.10 Å². The molecule has 0 radical (unpaired) electrons. The largest absolute Gasteiger partial charge is 0.508 e. The number of phenols is 1. The van der Waals surface area contributed by atoms with Crippen LogP contribution in [-0.4, -0.2) is 21.4 Å². The first kappa shape index (κ1) is 15.2. The van der Waals surface area contributed by atoms with Crippen LogP contribution in [0.25, 0.3) is 10.8 Å². The minimum Gasteiger partial charge on any atom is -0.508 e. The first-order chi connectivity index (χ1) is 11.2. The van der Waals surface area contributed by atoms with Gasteiger partial charge in [-0.25, -0.2) is 4.68 Å². The number of aromatic nitrogens is 2. The summed E-state index contributed by atoms with van der Waals surface area (Å²) >= 11 is 0. The lowest BCUT2D eigenvalue weighted by Crippen LogP contribution is -2.26. The molecule has 3 rings (SSSR count). The number of phenolic OH excluding ortho intramolecular Hbond substituents is 1. The normalized spacial score (nSPS) is 11.0. The molecule has 5 nitrogen and oxygen atoms in total. The second-order valence-electron chi connectivity index (χ2n) is 5.51. The number of hydrogen-bond donors (Lipinski definition) is 2. The quantitative estimate of drug-likeness (QED) is 0.756. The van der Waals surface area contributed by atoms with Gasteiger partial charge in [0.25, 0.3) is 5.56 Å². The zero-order chi connectivity index (χ0) is 16.2. The Morgan fingerprint density at radius 1 is 1.09 bits per heavy atom. The van der Waals surface area contributed by atoms with Crippen LogP contribution in [0.15, 0.2) is 53.3 Å². The molecule has 3 aromatic rings. The molecule has 0 aliphatic rings. The third-order valence-electron chi connectivity index (χ3n) is 3.80. The summed E-state index contributed by atoms with van der Waals surface area (Å²) in [5.41, 5.74) is 7.23. The minimum atomic E-state index is -0.0892. The molecule has 2 aromatic carbocycles. The van der Waals surface area contributed by atoms with Crippen molar-refractivity contribution in [3.05, 3.63) is 70.1 Å². The predicted molar refractivity (Wildman–Crippen MR) is 90.6 cm³/mol. The van der Waals surface area contributed by atoms with E-state index in [0.717, 1.165) is 16.6 Å². The summed E-state index contributed by atoms with van der Waals surface area (Å²) in [6, 6.07) is 14.6. The topological polar surface area (TPSA) is 81.1 Å². The van der Waals surface area contributed by atoms with Crippen molar-refractivity contribution in [3.8, 4) is 5.75 Å². The molecule has 1 aromatic heterocycles. The van der Waals surface area contributed by atoms with E-state index in [1.807, 2.05) is 30.3 Å². The third-order valence-corrected chi connectivity index (χ3v) is 3.80. The molecule has 0 unspecified atom stereocenters. The molecule has 5 heteroatoms. The lowest BCUT2D eigenvalue weighted by atomic mass is 10.0. The molecule has 0 bridgehead atoms. The number of benzene rings is 2.